The fourth-order valence-electron chi connectivity index (χ4n) is 4.92. The number of amides is 3. The number of nitrogens with zero attached hydrogens (tertiary/aromatic N) is 6. The smallest absolute Gasteiger partial charge is 0.260 e. The SMILES string of the molecule is Cc1ncc(S(=O)(=O)N2CCN(C(=O)COc3cccc4c(C5CCC(=O)NC5=O)nn(C)c34)CC2)n1C. The van der Waals surface area contributed by atoms with Gasteiger partial charge in [0.25, 0.3) is 15.9 Å². The van der Waals surface area contributed by atoms with E-state index in [9.17, 15) is 22.8 Å². The van der Waals surface area contributed by atoms with E-state index in [1.165, 1.54) is 15.1 Å². The molecule has 13 nitrogen and oxygen atoms in total. The molecule has 2 fully saturated rings. The Labute approximate surface area is 219 Å². The number of carbonyl (C=O) groups excluding carboxylic acids is 3. The highest BCUT2D eigenvalue weighted by Crippen LogP contribution is 2.34. The minimum absolute atomic E-state index is 0.124. The third-order valence-corrected chi connectivity index (χ3v) is 9.10. The minimum atomic E-state index is -3.71. The average Bonchev–Trinajstić information content (AvgIpc) is 3.42. The van der Waals surface area contributed by atoms with Crippen molar-refractivity contribution < 1.29 is 27.5 Å². The summed E-state index contributed by atoms with van der Waals surface area (Å²) >= 11 is 0. The van der Waals surface area contributed by atoms with Gasteiger partial charge in [-0.15, -0.1) is 0 Å². The van der Waals surface area contributed by atoms with Gasteiger partial charge in [0.1, 0.15) is 17.1 Å². The van der Waals surface area contributed by atoms with Crippen molar-refractivity contribution in [1.29, 1.82) is 0 Å². The maximum Gasteiger partial charge on any atom is 0.260 e. The molecule has 0 saturated carbocycles. The first-order chi connectivity index (χ1) is 18.1. The summed E-state index contributed by atoms with van der Waals surface area (Å²) in [5.41, 5.74) is 1.20. The largest absolute Gasteiger partial charge is 0.481 e. The van der Waals surface area contributed by atoms with Crippen molar-refractivity contribution in [2.45, 2.75) is 30.7 Å². The zero-order valence-corrected chi connectivity index (χ0v) is 22.2. The first-order valence-corrected chi connectivity index (χ1v) is 13.7. The highest BCUT2D eigenvalue weighted by atomic mass is 32.2. The lowest BCUT2D eigenvalue weighted by Crippen LogP contribution is -2.51. The van der Waals surface area contributed by atoms with Crippen LogP contribution >= 0.6 is 0 Å². The Morgan fingerprint density at radius 3 is 2.55 bits per heavy atom. The van der Waals surface area contributed by atoms with Gasteiger partial charge in [-0.05, 0) is 19.4 Å². The number of aryl methyl sites for hydroxylation is 2. The van der Waals surface area contributed by atoms with Crippen molar-refractivity contribution in [2.75, 3.05) is 32.8 Å². The van der Waals surface area contributed by atoms with Gasteiger partial charge in [0.05, 0.1) is 17.8 Å². The molecule has 0 aliphatic carbocycles. The van der Waals surface area contributed by atoms with Crippen molar-refractivity contribution in [3.05, 3.63) is 35.9 Å². The Bertz CT molecular complexity index is 1530. The average molecular weight is 544 g/mol. The number of fused-ring (bicyclic) bond motifs is 1. The summed E-state index contributed by atoms with van der Waals surface area (Å²) < 4.78 is 36.4. The zero-order valence-electron chi connectivity index (χ0n) is 21.4. The van der Waals surface area contributed by atoms with Crippen LogP contribution in [0.4, 0.5) is 0 Å². The van der Waals surface area contributed by atoms with Gasteiger partial charge in [-0.3, -0.25) is 24.4 Å². The Morgan fingerprint density at radius 1 is 1.16 bits per heavy atom. The van der Waals surface area contributed by atoms with Crippen LogP contribution in [0.1, 0.15) is 30.3 Å². The lowest BCUT2D eigenvalue weighted by Gasteiger charge is -2.33. The molecule has 3 amide bonds. The van der Waals surface area contributed by atoms with Crippen LogP contribution in [0.15, 0.2) is 29.4 Å². The lowest BCUT2D eigenvalue weighted by molar-refractivity contribution is -0.135. The maximum atomic E-state index is 13.0. The number of hydrogen-bond acceptors (Lipinski definition) is 8. The van der Waals surface area contributed by atoms with E-state index in [1.54, 1.807) is 42.7 Å². The summed E-state index contributed by atoms with van der Waals surface area (Å²) in [5.74, 6) is -0.430. The molecule has 5 rings (SSSR count). The summed E-state index contributed by atoms with van der Waals surface area (Å²) in [4.78, 5) is 42.5. The molecular weight excluding hydrogens is 514 g/mol. The van der Waals surface area contributed by atoms with Crippen LogP contribution in [0.25, 0.3) is 10.9 Å². The first kappa shape index (κ1) is 25.9. The second-order valence-corrected chi connectivity index (χ2v) is 11.3. The molecule has 2 aliphatic heterocycles. The summed E-state index contributed by atoms with van der Waals surface area (Å²) in [6.45, 7) is 2.33. The maximum absolute atomic E-state index is 13.0. The van der Waals surface area contributed by atoms with Crippen LogP contribution in [-0.2, 0) is 38.5 Å². The van der Waals surface area contributed by atoms with E-state index in [-0.39, 0.29) is 62.0 Å². The number of ether oxygens (including phenoxy) is 1. The monoisotopic (exact) mass is 543 g/mol. The molecular formula is C24H29N7O6S. The van der Waals surface area contributed by atoms with Gasteiger partial charge in [-0.1, -0.05) is 12.1 Å². The molecule has 3 aromatic rings. The molecule has 0 bridgehead atoms. The Morgan fingerprint density at radius 2 is 1.89 bits per heavy atom. The molecule has 202 valence electrons. The van der Waals surface area contributed by atoms with Crippen molar-refractivity contribution in [2.24, 2.45) is 14.1 Å². The number of imidazole rings is 1. The highest BCUT2D eigenvalue weighted by Gasteiger charge is 2.34. The molecule has 1 aromatic carbocycles. The summed E-state index contributed by atoms with van der Waals surface area (Å²) in [5, 5.41) is 7.74. The van der Waals surface area contributed by atoms with Crippen LogP contribution in [0.5, 0.6) is 5.75 Å². The number of imide groups is 1. The Hall–Kier alpha value is -3.78. The number of sulfonamides is 1. The van der Waals surface area contributed by atoms with Crippen LogP contribution in [0.3, 0.4) is 0 Å². The van der Waals surface area contributed by atoms with Crippen molar-refractivity contribution in [3.8, 4) is 5.75 Å². The Balaban J connectivity index is 1.24. The van der Waals surface area contributed by atoms with Gasteiger partial charge in [-0.2, -0.15) is 9.40 Å². The molecule has 2 aromatic heterocycles. The van der Waals surface area contributed by atoms with Crippen LogP contribution in [0.2, 0.25) is 0 Å². The number of aromatic nitrogens is 4. The number of piperazine rings is 1. The fraction of sp³-hybridized carbons (Fsp3) is 0.458. The van der Waals surface area contributed by atoms with Crippen molar-refractivity contribution >= 4 is 38.6 Å². The van der Waals surface area contributed by atoms with Crippen LogP contribution in [0, 0.1) is 6.92 Å². The molecule has 0 radical (unpaired) electrons. The number of piperidine rings is 1. The number of nitrogens with one attached hydrogen (secondary N) is 1. The van der Waals surface area contributed by atoms with Crippen molar-refractivity contribution in [1.82, 2.24) is 33.9 Å². The first-order valence-electron chi connectivity index (χ1n) is 12.3. The van der Waals surface area contributed by atoms with Gasteiger partial charge in [0, 0.05) is 52.1 Å². The van der Waals surface area contributed by atoms with E-state index in [0.29, 0.717) is 29.2 Å². The summed E-state index contributed by atoms with van der Waals surface area (Å²) in [6, 6.07) is 5.33. The summed E-state index contributed by atoms with van der Waals surface area (Å²) in [6.07, 6.45) is 1.97. The minimum Gasteiger partial charge on any atom is -0.481 e. The van der Waals surface area contributed by atoms with Gasteiger partial charge < -0.3 is 14.2 Å². The van der Waals surface area contributed by atoms with Gasteiger partial charge in [0.2, 0.25) is 11.8 Å². The highest BCUT2D eigenvalue weighted by molar-refractivity contribution is 7.89. The molecule has 2 aliphatic rings. The van der Waals surface area contributed by atoms with Gasteiger partial charge in [-0.25, -0.2) is 13.4 Å². The predicted octanol–water partition coefficient (Wildman–Crippen LogP) is 0.0473. The van der Waals surface area contributed by atoms with E-state index < -0.39 is 15.9 Å². The standard InChI is InChI=1S/C24H29N7O6S/c1-15-25-13-21(28(15)2)38(35,36)31-11-9-30(10-12-31)20(33)14-37-18-6-4-5-16-22(27-29(3)23(16)18)17-7-8-19(32)26-24(17)34/h4-6,13,17H,7-12,14H2,1-3H3,(H,26,32,34). The second kappa shape index (κ2) is 9.83. The topological polar surface area (TPSA) is 149 Å². The number of carbonyl (C=O) groups is 3. The van der Waals surface area contributed by atoms with E-state index in [0.717, 1.165) is 5.39 Å². The number of hydrogen-bond donors (Lipinski definition) is 1. The van der Waals surface area contributed by atoms with Gasteiger partial charge >= 0.3 is 0 Å². The molecule has 2 saturated heterocycles. The lowest BCUT2D eigenvalue weighted by atomic mass is 9.93. The molecule has 4 heterocycles. The molecule has 0 spiro atoms. The summed E-state index contributed by atoms with van der Waals surface area (Å²) in [7, 11) is -0.324. The van der Waals surface area contributed by atoms with E-state index >= 15 is 0 Å². The quantitative estimate of drug-likeness (QED) is 0.429. The molecule has 14 heteroatoms. The number of para-hydroxylation sites is 1. The molecule has 38 heavy (non-hydrogen) atoms. The van der Waals surface area contributed by atoms with Gasteiger partial charge in [0.15, 0.2) is 11.6 Å². The number of rotatable bonds is 6. The Kier molecular flexibility index (Phi) is 6.69. The fourth-order valence-corrected chi connectivity index (χ4v) is 6.49. The predicted molar refractivity (Wildman–Crippen MR) is 135 cm³/mol. The van der Waals surface area contributed by atoms with E-state index in [4.69, 9.17) is 4.74 Å². The molecule has 1 unspecified atom stereocenters. The normalized spacial score (nSPS) is 19.1. The third-order valence-electron chi connectivity index (χ3n) is 7.15. The molecule has 1 atom stereocenters. The number of benzene rings is 1. The van der Waals surface area contributed by atoms with Crippen LogP contribution < -0.4 is 10.1 Å². The third kappa shape index (κ3) is 4.53. The van der Waals surface area contributed by atoms with E-state index in [2.05, 4.69) is 15.4 Å². The second-order valence-electron chi connectivity index (χ2n) is 9.44. The zero-order chi connectivity index (χ0) is 27.2. The van der Waals surface area contributed by atoms with Crippen LogP contribution in [-0.4, -0.2) is 87.5 Å². The van der Waals surface area contributed by atoms with E-state index in [1.807, 2.05) is 6.07 Å². The van der Waals surface area contributed by atoms with Crippen molar-refractivity contribution in [3.63, 3.8) is 0 Å². The molecule has 1 N–H and O–H groups in total.